The molecule has 0 fully saturated rings. The average Bonchev–Trinajstić information content (AvgIpc) is 0.791. The summed E-state index contributed by atoms with van der Waals surface area (Å²) in [5, 5.41) is 39.9. The molecule has 560 valence electrons. The Hall–Kier alpha value is -10.8. The molecular formula is C82H78Cl2F6N4O13. The third kappa shape index (κ3) is 21.3. The van der Waals surface area contributed by atoms with E-state index in [4.69, 9.17) is 32.7 Å². The van der Waals surface area contributed by atoms with Crippen molar-refractivity contribution in [1.82, 2.24) is 9.97 Å². The molecule has 17 nitrogen and oxygen atoms in total. The average molecular weight is 1510 g/mol. The Morgan fingerprint density at radius 2 is 0.729 bits per heavy atom. The molecule has 0 aliphatic heterocycles. The Morgan fingerprint density at radius 1 is 0.393 bits per heavy atom. The Bertz CT molecular complexity index is 4440. The van der Waals surface area contributed by atoms with Crippen LogP contribution in [-0.4, -0.2) is 96.9 Å². The first-order chi connectivity index (χ1) is 49.9. The number of hydrogen-bond donors (Lipinski definition) is 4. The fraction of sp³-hybridized carbons (Fsp3) is 0.244. The molecule has 2 aliphatic rings. The van der Waals surface area contributed by atoms with Crippen LogP contribution in [-0.2, 0) is 76.9 Å². The molecule has 0 spiro atoms. The summed E-state index contributed by atoms with van der Waals surface area (Å²) < 4.78 is 90.6. The van der Waals surface area contributed by atoms with Gasteiger partial charge in [0.1, 0.15) is 24.7 Å². The first-order valence-electron chi connectivity index (χ1n) is 33.9. The quantitative estimate of drug-likeness (QED) is 0.0367. The predicted octanol–water partition coefficient (Wildman–Crippen LogP) is 16.7. The van der Waals surface area contributed by atoms with E-state index in [-0.39, 0.29) is 52.2 Å². The van der Waals surface area contributed by atoms with E-state index in [2.05, 4.69) is 9.97 Å². The summed E-state index contributed by atoms with van der Waals surface area (Å²) in [5.41, 5.74) is 11.5. The van der Waals surface area contributed by atoms with Crippen LogP contribution in [0, 0.1) is 0 Å². The van der Waals surface area contributed by atoms with E-state index in [1.54, 1.807) is 84.9 Å². The van der Waals surface area contributed by atoms with Gasteiger partial charge in [0.05, 0.1) is 33.6 Å². The van der Waals surface area contributed by atoms with Crippen molar-refractivity contribution >= 4 is 58.5 Å². The van der Waals surface area contributed by atoms with Crippen molar-refractivity contribution in [2.45, 2.75) is 103 Å². The van der Waals surface area contributed by atoms with Gasteiger partial charge in [0.2, 0.25) is 0 Å². The van der Waals surface area contributed by atoms with E-state index in [0.717, 1.165) is 120 Å². The van der Waals surface area contributed by atoms with Gasteiger partial charge in [-0.25, -0.2) is 29.1 Å². The van der Waals surface area contributed by atoms with Gasteiger partial charge in [-0.2, -0.15) is 26.3 Å². The van der Waals surface area contributed by atoms with E-state index < -0.39 is 47.4 Å². The second-order valence-corrected chi connectivity index (χ2v) is 26.3. The third-order valence-corrected chi connectivity index (χ3v) is 19.3. The minimum absolute atomic E-state index is 0. The number of halogens is 8. The fourth-order valence-electron chi connectivity index (χ4n) is 12.8. The number of aryl methyl sites for hydroxylation is 4. The summed E-state index contributed by atoms with van der Waals surface area (Å²) in [7, 11) is 0. The number of rotatable bonds is 26. The zero-order valence-corrected chi connectivity index (χ0v) is 59.3. The molecule has 12 rings (SSSR count). The summed E-state index contributed by atoms with van der Waals surface area (Å²) in [5.74, 6) is -2.92. The van der Waals surface area contributed by atoms with Crippen LogP contribution in [0.2, 0.25) is 10.0 Å². The molecule has 0 saturated carbocycles. The molecule has 107 heavy (non-hydrogen) atoms. The SMILES string of the molecule is O.O.O.O=C(O)c1ccc(CCN(CCc2ccccc2OCc2ccc(-c3ccc(C(F)(F)F)cc3)cc2Cl)c2cc3c(nc2C(=O)O)CCCC3)cc1.O=C(O)c1ccc(CCN(CCc2ccccc2OCc2ccc(-c3ccc(C(F)(F)F)cc3)cc2Cl)c2cc3c(nc2C(=O)O)CCCC3)cc1. The van der Waals surface area contributed by atoms with Crippen molar-refractivity contribution in [3.63, 3.8) is 0 Å². The molecule has 2 aromatic heterocycles. The van der Waals surface area contributed by atoms with Crippen LogP contribution >= 0.6 is 23.2 Å². The van der Waals surface area contributed by atoms with Crippen molar-refractivity contribution in [3.05, 3.63) is 294 Å². The number of carboxylic acid groups (broad SMARTS) is 4. The van der Waals surface area contributed by atoms with Gasteiger partial charge in [-0.1, -0.05) is 132 Å². The number of anilines is 2. The number of nitrogens with zero attached hydrogens (tertiary/aromatic N) is 4. The van der Waals surface area contributed by atoms with Crippen LogP contribution in [0.1, 0.15) is 134 Å². The molecule has 0 unspecified atom stereocenters. The lowest BCUT2D eigenvalue weighted by Crippen LogP contribution is -2.31. The number of ether oxygens (including phenoxy) is 2. The van der Waals surface area contributed by atoms with Gasteiger partial charge >= 0.3 is 36.2 Å². The molecule has 10 N–H and O–H groups in total. The molecule has 0 atom stereocenters. The smallest absolute Gasteiger partial charge is 0.416 e. The molecule has 10 aromatic rings. The van der Waals surface area contributed by atoms with Gasteiger partial charge in [-0.15, -0.1) is 0 Å². The maximum Gasteiger partial charge on any atom is 0.416 e. The Balaban J connectivity index is 0.000000263. The van der Waals surface area contributed by atoms with Gasteiger partial charge in [-0.05, 0) is 218 Å². The standard InChI is InChI=1S/2C41H36ClF3N2O5.3H2O/c2*42-34-23-30(27-15-17-33(18-16-27)41(43,44)45)13-14-32(34)25-52-37-8-4-2-5-28(37)20-22-47(21-19-26-9-11-29(12-10-26)39(48)49)36-24-31-6-1-3-7-35(31)46-38(36)40(50)51;;;/h2*2,4-5,8-18,23-24H,1,3,6-7,19-22,25H2,(H,48,49)(H,50,51);3*1H2. The number of benzene rings is 8. The van der Waals surface area contributed by atoms with Gasteiger partial charge in [0, 0.05) is 58.7 Å². The number of alkyl halides is 6. The number of fused-ring (bicyclic) bond motifs is 2. The van der Waals surface area contributed by atoms with Crippen LogP contribution in [0.5, 0.6) is 11.5 Å². The van der Waals surface area contributed by atoms with E-state index in [0.29, 0.717) is 118 Å². The fourth-order valence-corrected chi connectivity index (χ4v) is 13.3. The highest BCUT2D eigenvalue weighted by atomic mass is 35.5. The Morgan fingerprint density at radius 3 is 1.07 bits per heavy atom. The zero-order valence-electron chi connectivity index (χ0n) is 57.8. The Kier molecular flexibility index (Phi) is 28.3. The van der Waals surface area contributed by atoms with Gasteiger partial charge in [0.25, 0.3) is 0 Å². The second kappa shape index (κ2) is 36.9. The van der Waals surface area contributed by atoms with E-state index in [1.165, 1.54) is 24.3 Å². The summed E-state index contributed by atoms with van der Waals surface area (Å²) in [6, 6.07) is 52.9. The van der Waals surface area contributed by atoms with Crippen LogP contribution in [0.3, 0.4) is 0 Å². The van der Waals surface area contributed by atoms with Gasteiger partial charge in [0.15, 0.2) is 11.4 Å². The van der Waals surface area contributed by atoms with Crippen molar-refractivity contribution in [2.75, 3.05) is 36.0 Å². The lowest BCUT2D eigenvalue weighted by molar-refractivity contribution is -0.138. The number of para-hydroxylation sites is 2. The lowest BCUT2D eigenvalue weighted by atomic mass is 9.95. The first kappa shape index (κ1) is 81.8. The van der Waals surface area contributed by atoms with Crippen molar-refractivity contribution in [2.24, 2.45) is 0 Å². The number of aromatic carboxylic acids is 4. The van der Waals surface area contributed by atoms with Crippen LogP contribution in [0.25, 0.3) is 22.3 Å². The largest absolute Gasteiger partial charge is 0.489 e. The molecule has 0 amide bonds. The third-order valence-electron chi connectivity index (χ3n) is 18.6. The highest BCUT2D eigenvalue weighted by Gasteiger charge is 2.32. The molecular weight excluding hydrogens is 1430 g/mol. The van der Waals surface area contributed by atoms with Crippen molar-refractivity contribution in [3.8, 4) is 33.8 Å². The van der Waals surface area contributed by atoms with E-state index >= 15 is 0 Å². The monoisotopic (exact) mass is 1510 g/mol. The summed E-state index contributed by atoms with van der Waals surface area (Å²) in [4.78, 5) is 61.0. The molecule has 0 saturated heterocycles. The molecule has 0 bridgehead atoms. The second-order valence-electron chi connectivity index (χ2n) is 25.5. The first-order valence-corrected chi connectivity index (χ1v) is 34.7. The van der Waals surface area contributed by atoms with Crippen LogP contribution in [0.4, 0.5) is 37.7 Å². The topological polar surface area (TPSA) is 294 Å². The maximum absolute atomic E-state index is 13.0. The highest BCUT2D eigenvalue weighted by Crippen LogP contribution is 2.37. The van der Waals surface area contributed by atoms with Gasteiger partial charge in [-0.3, -0.25) is 0 Å². The minimum Gasteiger partial charge on any atom is -0.489 e. The maximum atomic E-state index is 13.0. The highest BCUT2D eigenvalue weighted by molar-refractivity contribution is 6.32. The van der Waals surface area contributed by atoms with Crippen LogP contribution in [0.15, 0.2) is 194 Å². The molecule has 0 radical (unpaired) electrons. The van der Waals surface area contributed by atoms with Crippen molar-refractivity contribution in [1.29, 1.82) is 0 Å². The number of pyridine rings is 2. The zero-order chi connectivity index (χ0) is 73.7. The number of carbonyl (C=O) groups is 4. The minimum atomic E-state index is -4.41. The predicted molar refractivity (Wildman–Crippen MR) is 398 cm³/mol. The summed E-state index contributed by atoms with van der Waals surface area (Å²) >= 11 is 13.2. The number of hydrogen-bond acceptors (Lipinski definition) is 10. The molecule has 8 aromatic carbocycles. The number of aromatic nitrogens is 2. The van der Waals surface area contributed by atoms with Crippen molar-refractivity contribution < 1.29 is 91.8 Å². The normalized spacial score (nSPS) is 12.3. The van der Waals surface area contributed by atoms with Crippen LogP contribution < -0.4 is 19.3 Å². The molecule has 25 heteroatoms. The summed E-state index contributed by atoms with van der Waals surface area (Å²) in [6.45, 7) is 2.15. The Labute approximate surface area is 623 Å². The summed E-state index contributed by atoms with van der Waals surface area (Å²) in [6.07, 6.45) is 0.462. The molecule has 2 heterocycles. The van der Waals surface area contributed by atoms with E-state index in [9.17, 15) is 65.9 Å². The molecule has 2 aliphatic carbocycles. The number of carboxylic acids is 4. The van der Waals surface area contributed by atoms with E-state index in [1.807, 2.05) is 70.5 Å². The lowest BCUT2D eigenvalue weighted by Gasteiger charge is -2.28. The van der Waals surface area contributed by atoms with Gasteiger partial charge < -0.3 is 56.1 Å².